The molecule has 42 heavy (non-hydrogen) atoms. The number of aliphatic hydroxyl groups is 1. The Balaban J connectivity index is 1.61. The van der Waals surface area contributed by atoms with Crippen molar-refractivity contribution in [1.29, 1.82) is 0 Å². The van der Waals surface area contributed by atoms with Gasteiger partial charge in [-0.1, -0.05) is 6.92 Å². The summed E-state index contributed by atoms with van der Waals surface area (Å²) in [5, 5.41) is 15.1. The van der Waals surface area contributed by atoms with Crippen LogP contribution < -0.4 is 15.4 Å². The fourth-order valence-corrected chi connectivity index (χ4v) is 5.67. The molecule has 1 aliphatic heterocycles. The molecule has 10 nitrogen and oxygen atoms in total. The molecule has 0 radical (unpaired) electrons. The second-order valence-corrected chi connectivity index (χ2v) is 12.2. The predicted octanol–water partition coefficient (Wildman–Crippen LogP) is 4.15. The molecular formula is C29H32F2N4O6S. The highest BCUT2D eigenvalue weighted by molar-refractivity contribution is 7.89. The lowest BCUT2D eigenvalue weighted by Crippen LogP contribution is -2.50. The number of urea groups is 1. The van der Waals surface area contributed by atoms with Crippen molar-refractivity contribution in [2.45, 2.75) is 30.9 Å². The maximum atomic E-state index is 13.6. The van der Waals surface area contributed by atoms with Crippen LogP contribution in [0.2, 0.25) is 0 Å². The lowest BCUT2D eigenvalue weighted by atomic mass is 9.99. The molecule has 3 atom stereocenters. The minimum atomic E-state index is -3.98. The van der Waals surface area contributed by atoms with E-state index in [1.165, 1.54) is 66.5 Å². The smallest absolute Gasteiger partial charge is 0.323 e. The zero-order chi connectivity index (χ0) is 30.6. The number of amides is 3. The summed E-state index contributed by atoms with van der Waals surface area (Å²) >= 11 is 0. The molecule has 0 fully saturated rings. The SMILES string of the molecule is C[C@@H]1CN([C@H](C)CO)C(=O)c2cc(NC(=O)Nc3ccc(F)cc3)ccc2O[C@H]1CN(C)S(=O)(=O)c1ccc(F)cc1. The third-order valence-electron chi connectivity index (χ3n) is 6.98. The number of sulfonamides is 1. The van der Waals surface area contributed by atoms with Crippen LogP contribution in [0.5, 0.6) is 5.75 Å². The summed E-state index contributed by atoms with van der Waals surface area (Å²) in [6.45, 7) is 3.25. The van der Waals surface area contributed by atoms with Crippen molar-refractivity contribution < 1.29 is 36.6 Å². The first-order valence-corrected chi connectivity index (χ1v) is 14.6. The minimum absolute atomic E-state index is 0.0781. The number of nitrogens with zero attached hydrogens (tertiary/aromatic N) is 2. The number of anilines is 2. The van der Waals surface area contributed by atoms with Gasteiger partial charge in [0, 0.05) is 30.9 Å². The molecule has 3 N–H and O–H groups in total. The number of rotatable bonds is 8. The van der Waals surface area contributed by atoms with E-state index >= 15 is 0 Å². The Kier molecular flexibility index (Phi) is 9.44. The quantitative estimate of drug-likeness (QED) is 0.356. The second kappa shape index (κ2) is 12.8. The van der Waals surface area contributed by atoms with Crippen LogP contribution in [0.1, 0.15) is 24.2 Å². The Morgan fingerprint density at radius 3 is 2.24 bits per heavy atom. The maximum absolute atomic E-state index is 13.6. The molecule has 0 aromatic heterocycles. The fraction of sp³-hybridized carbons (Fsp3) is 0.310. The summed E-state index contributed by atoms with van der Waals surface area (Å²) in [6, 6.07) is 13.0. The molecular weight excluding hydrogens is 570 g/mol. The molecule has 0 spiro atoms. The van der Waals surface area contributed by atoms with E-state index in [1.807, 2.05) is 6.92 Å². The van der Waals surface area contributed by atoms with E-state index in [1.54, 1.807) is 6.92 Å². The summed E-state index contributed by atoms with van der Waals surface area (Å²) in [6.07, 6.45) is -0.717. The normalized spacial score (nSPS) is 18.0. The van der Waals surface area contributed by atoms with Gasteiger partial charge in [0.05, 0.1) is 29.7 Å². The number of benzene rings is 3. The van der Waals surface area contributed by atoms with E-state index in [4.69, 9.17) is 4.74 Å². The van der Waals surface area contributed by atoms with Gasteiger partial charge in [0.15, 0.2) is 0 Å². The number of hydrogen-bond acceptors (Lipinski definition) is 6. The lowest BCUT2D eigenvalue weighted by Gasteiger charge is -2.38. The molecule has 0 saturated carbocycles. The summed E-state index contributed by atoms with van der Waals surface area (Å²) in [5.41, 5.74) is 0.734. The maximum Gasteiger partial charge on any atom is 0.323 e. The van der Waals surface area contributed by atoms with Gasteiger partial charge >= 0.3 is 6.03 Å². The van der Waals surface area contributed by atoms with Gasteiger partial charge in [-0.3, -0.25) is 4.79 Å². The first kappa shape index (κ1) is 30.9. The lowest BCUT2D eigenvalue weighted by molar-refractivity contribution is 0.0387. The molecule has 0 aliphatic carbocycles. The van der Waals surface area contributed by atoms with E-state index in [0.717, 1.165) is 16.4 Å². The highest BCUT2D eigenvalue weighted by atomic mass is 32.2. The number of carbonyl (C=O) groups excluding carboxylic acids is 2. The molecule has 4 rings (SSSR count). The Hall–Kier alpha value is -4.07. The molecule has 0 unspecified atom stereocenters. The largest absolute Gasteiger partial charge is 0.488 e. The van der Waals surface area contributed by atoms with Gasteiger partial charge < -0.3 is 25.4 Å². The molecule has 3 amide bonds. The number of nitrogens with one attached hydrogen (secondary N) is 2. The molecule has 3 aromatic rings. The van der Waals surface area contributed by atoms with Crippen molar-refractivity contribution in [3.63, 3.8) is 0 Å². The van der Waals surface area contributed by atoms with Gasteiger partial charge in [0.2, 0.25) is 10.0 Å². The number of fused-ring (bicyclic) bond motifs is 1. The van der Waals surface area contributed by atoms with E-state index in [2.05, 4.69) is 10.6 Å². The van der Waals surface area contributed by atoms with E-state index in [-0.39, 0.29) is 47.5 Å². The first-order chi connectivity index (χ1) is 19.9. The van der Waals surface area contributed by atoms with E-state index < -0.39 is 45.7 Å². The number of hydrogen-bond donors (Lipinski definition) is 3. The molecule has 0 saturated heterocycles. The average Bonchev–Trinajstić information content (AvgIpc) is 2.96. The second-order valence-electron chi connectivity index (χ2n) is 10.2. The zero-order valence-electron chi connectivity index (χ0n) is 23.3. The molecule has 3 aromatic carbocycles. The predicted molar refractivity (Wildman–Crippen MR) is 153 cm³/mol. The summed E-state index contributed by atoms with van der Waals surface area (Å²) in [7, 11) is -2.59. The zero-order valence-corrected chi connectivity index (χ0v) is 24.1. The Morgan fingerprint density at radius 1 is 1.05 bits per heavy atom. The van der Waals surface area contributed by atoms with Crippen LogP contribution in [0.4, 0.5) is 25.0 Å². The van der Waals surface area contributed by atoms with Crippen molar-refractivity contribution in [1.82, 2.24) is 9.21 Å². The molecule has 224 valence electrons. The minimum Gasteiger partial charge on any atom is -0.488 e. The fourth-order valence-electron chi connectivity index (χ4n) is 4.48. The van der Waals surface area contributed by atoms with Gasteiger partial charge in [-0.25, -0.2) is 22.0 Å². The number of ether oxygens (including phenoxy) is 1. The van der Waals surface area contributed by atoms with Crippen LogP contribution >= 0.6 is 0 Å². The number of likely N-dealkylation sites (N-methyl/N-ethyl adjacent to an activating group) is 1. The summed E-state index contributed by atoms with van der Waals surface area (Å²) < 4.78 is 60.2. The van der Waals surface area contributed by atoms with Crippen LogP contribution in [-0.2, 0) is 10.0 Å². The van der Waals surface area contributed by atoms with E-state index in [9.17, 15) is 31.9 Å². The number of halogens is 2. The van der Waals surface area contributed by atoms with Gasteiger partial charge in [-0.15, -0.1) is 0 Å². The van der Waals surface area contributed by atoms with Crippen LogP contribution in [0.3, 0.4) is 0 Å². The standard InChI is InChI=1S/C29H32F2N4O6S/c1-18-15-35(19(2)17-36)28(37)25-14-23(33-29(38)32-22-8-4-20(30)5-9-22)10-13-26(25)41-27(18)16-34(3)42(39,40)24-11-6-21(31)7-12-24/h4-14,18-19,27,36H,15-17H2,1-3H3,(H2,32,33,38)/t18-,19-,27+/m1/s1. The summed E-state index contributed by atoms with van der Waals surface area (Å²) in [4.78, 5) is 27.6. The monoisotopic (exact) mass is 602 g/mol. The van der Waals surface area contributed by atoms with Gasteiger partial charge in [-0.05, 0) is 73.7 Å². The highest BCUT2D eigenvalue weighted by Crippen LogP contribution is 2.31. The molecule has 0 bridgehead atoms. The van der Waals surface area contributed by atoms with Crippen molar-refractivity contribution in [3.05, 3.63) is 83.9 Å². The van der Waals surface area contributed by atoms with Crippen molar-refractivity contribution in [2.75, 3.05) is 37.4 Å². The molecule has 1 aliphatic rings. The van der Waals surface area contributed by atoms with Crippen molar-refractivity contribution >= 4 is 33.3 Å². The van der Waals surface area contributed by atoms with Crippen LogP contribution in [-0.4, -0.2) is 73.6 Å². The van der Waals surface area contributed by atoms with Crippen LogP contribution in [0, 0.1) is 17.6 Å². The van der Waals surface area contributed by atoms with Crippen molar-refractivity contribution in [3.8, 4) is 5.75 Å². The first-order valence-electron chi connectivity index (χ1n) is 13.2. The average molecular weight is 603 g/mol. The van der Waals surface area contributed by atoms with Gasteiger partial charge in [-0.2, -0.15) is 4.31 Å². The number of aliphatic hydroxyl groups excluding tert-OH is 1. The topological polar surface area (TPSA) is 128 Å². The Bertz CT molecular complexity index is 1540. The van der Waals surface area contributed by atoms with Gasteiger partial charge in [0.25, 0.3) is 5.91 Å². The van der Waals surface area contributed by atoms with Crippen LogP contribution in [0.25, 0.3) is 0 Å². The molecule has 1 heterocycles. The Labute approximate surface area is 242 Å². The van der Waals surface area contributed by atoms with Crippen molar-refractivity contribution in [2.24, 2.45) is 5.92 Å². The van der Waals surface area contributed by atoms with Gasteiger partial charge in [0.1, 0.15) is 23.5 Å². The Morgan fingerprint density at radius 2 is 1.62 bits per heavy atom. The third kappa shape index (κ3) is 7.04. The highest BCUT2D eigenvalue weighted by Gasteiger charge is 2.35. The number of carbonyl (C=O) groups is 2. The molecule has 13 heteroatoms. The van der Waals surface area contributed by atoms with Crippen LogP contribution in [0.15, 0.2) is 71.6 Å². The third-order valence-corrected chi connectivity index (χ3v) is 8.82. The van der Waals surface area contributed by atoms with E-state index in [0.29, 0.717) is 5.69 Å². The summed E-state index contributed by atoms with van der Waals surface area (Å²) in [5.74, 6) is -1.64.